The number of carbonyl (C=O) groups is 1. The first-order valence-electron chi connectivity index (χ1n) is 8.68. The summed E-state index contributed by atoms with van der Waals surface area (Å²) < 4.78 is 4.24. The number of aromatic carboxylic acids is 1. The highest BCUT2D eigenvalue weighted by Gasteiger charge is 2.22. The maximum absolute atomic E-state index is 11.5. The first-order valence-corrected chi connectivity index (χ1v) is 11.9. The largest absolute Gasteiger partial charge is 0.477 e. The lowest BCUT2D eigenvalue weighted by atomic mass is 10.0. The summed E-state index contributed by atoms with van der Waals surface area (Å²) in [5.41, 5.74) is 1.03. The van der Waals surface area contributed by atoms with Gasteiger partial charge in [-0.25, -0.2) is 4.79 Å². The fraction of sp³-hybridized carbons (Fsp3) is 0.611. The van der Waals surface area contributed by atoms with Crippen LogP contribution < -0.4 is 0 Å². The van der Waals surface area contributed by atoms with Crippen LogP contribution in [0.5, 0.6) is 0 Å². The molecule has 0 aromatic carbocycles. The van der Waals surface area contributed by atoms with Crippen LogP contribution >= 0.6 is 54.5 Å². The zero-order valence-corrected chi connectivity index (χ0v) is 18.8. The quantitative estimate of drug-likeness (QED) is 0.318. The zero-order chi connectivity index (χ0) is 17.5. The van der Waals surface area contributed by atoms with Gasteiger partial charge in [-0.2, -0.15) is 0 Å². The highest BCUT2D eigenvalue weighted by Crippen LogP contribution is 2.46. The molecule has 0 aliphatic heterocycles. The number of unbranched alkanes of at least 4 members (excludes halogenated alkanes) is 8. The van der Waals surface area contributed by atoms with E-state index in [-0.39, 0.29) is 0 Å². The summed E-state index contributed by atoms with van der Waals surface area (Å²) in [6.45, 7) is 2.25. The highest BCUT2D eigenvalue weighted by atomic mass is 79.9. The molecule has 2 rings (SSSR count). The van der Waals surface area contributed by atoms with Crippen LogP contribution in [-0.2, 0) is 6.42 Å². The van der Waals surface area contributed by atoms with E-state index in [0.29, 0.717) is 4.88 Å². The Bertz CT molecular complexity index is 676. The number of carboxylic acid groups (broad SMARTS) is 1. The van der Waals surface area contributed by atoms with E-state index in [2.05, 4.69) is 38.8 Å². The Hall–Kier alpha value is 0.0900. The number of rotatable bonds is 11. The molecule has 24 heavy (non-hydrogen) atoms. The molecule has 0 unspecified atom stereocenters. The smallest absolute Gasteiger partial charge is 0.346 e. The first kappa shape index (κ1) is 20.4. The average Bonchev–Trinajstić information content (AvgIpc) is 3.03. The van der Waals surface area contributed by atoms with E-state index in [9.17, 15) is 9.90 Å². The van der Waals surface area contributed by atoms with Gasteiger partial charge >= 0.3 is 5.97 Å². The van der Waals surface area contributed by atoms with E-state index < -0.39 is 5.97 Å². The Morgan fingerprint density at radius 1 is 0.917 bits per heavy atom. The molecular formula is C18H24Br2O2S2. The van der Waals surface area contributed by atoms with Gasteiger partial charge in [0.1, 0.15) is 4.88 Å². The van der Waals surface area contributed by atoms with E-state index >= 15 is 0 Å². The SMILES string of the molecule is CCCCCCCCCCCc1c(C(=O)O)sc2c(Br)c(Br)sc12. The molecule has 0 atom stereocenters. The number of fused-ring (bicyclic) bond motifs is 1. The van der Waals surface area contributed by atoms with Crippen LogP contribution in [-0.4, -0.2) is 11.1 Å². The summed E-state index contributed by atoms with van der Waals surface area (Å²) in [5, 5.41) is 9.48. The Morgan fingerprint density at radius 2 is 1.50 bits per heavy atom. The van der Waals surface area contributed by atoms with Crippen molar-refractivity contribution in [3.63, 3.8) is 0 Å². The van der Waals surface area contributed by atoms with Crippen LogP contribution in [0.15, 0.2) is 8.26 Å². The number of thiophene rings is 2. The van der Waals surface area contributed by atoms with Gasteiger partial charge < -0.3 is 5.11 Å². The molecule has 0 saturated carbocycles. The molecule has 2 heterocycles. The van der Waals surface area contributed by atoms with Gasteiger partial charge in [-0.1, -0.05) is 58.3 Å². The predicted octanol–water partition coefficient (Wildman–Crippen LogP) is 8.26. The molecule has 0 saturated heterocycles. The molecule has 0 radical (unpaired) electrons. The summed E-state index contributed by atoms with van der Waals surface area (Å²) in [6.07, 6.45) is 12.4. The minimum atomic E-state index is -0.794. The second kappa shape index (κ2) is 10.3. The van der Waals surface area contributed by atoms with E-state index in [1.807, 2.05) is 0 Å². The van der Waals surface area contributed by atoms with Crippen molar-refractivity contribution in [1.82, 2.24) is 0 Å². The predicted molar refractivity (Wildman–Crippen MR) is 113 cm³/mol. The van der Waals surface area contributed by atoms with E-state index in [4.69, 9.17) is 0 Å². The molecule has 0 aliphatic rings. The standard InChI is InChI=1S/C18H24Br2O2S2/c1-2-3-4-5-6-7-8-9-10-11-12-14-16(13(19)17(20)24-14)23-15(12)18(21)22/h2-11H2,1H3,(H,21,22). The van der Waals surface area contributed by atoms with Crippen LogP contribution in [0.3, 0.4) is 0 Å². The van der Waals surface area contributed by atoms with Gasteiger partial charge in [-0.3, -0.25) is 0 Å². The summed E-state index contributed by atoms with van der Waals surface area (Å²) in [5.74, 6) is -0.794. The lowest BCUT2D eigenvalue weighted by molar-refractivity contribution is 0.0701. The van der Waals surface area contributed by atoms with Gasteiger partial charge in [0.2, 0.25) is 0 Å². The minimum absolute atomic E-state index is 0.518. The van der Waals surface area contributed by atoms with E-state index in [0.717, 1.165) is 36.1 Å². The van der Waals surface area contributed by atoms with E-state index in [1.54, 1.807) is 11.3 Å². The molecule has 6 heteroatoms. The molecule has 2 aromatic heterocycles. The zero-order valence-electron chi connectivity index (χ0n) is 14.0. The molecular weight excluding hydrogens is 472 g/mol. The van der Waals surface area contributed by atoms with Gasteiger partial charge in [0.15, 0.2) is 0 Å². The highest BCUT2D eigenvalue weighted by molar-refractivity contribution is 9.13. The third-order valence-electron chi connectivity index (χ3n) is 4.25. The second-order valence-corrected chi connectivity index (χ2v) is 10.3. The maximum atomic E-state index is 11.5. The number of hydrogen-bond donors (Lipinski definition) is 1. The van der Waals surface area contributed by atoms with Crippen molar-refractivity contribution in [2.24, 2.45) is 0 Å². The summed E-state index contributed by atoms with van der Waals surface area (Å²) in [7, 11) is 0. The molecule has 0 amide bonds. The Morgan fingerprint density at radius 3 is 2.08 bits per heavy atom. The Labute approximate surface area is 168 Å². The third kappa shape index (κ3) is 5.29. The molecule has 0 fully saturated rings. The van der Waals surface area contributed by atoms with Gasteiger partial charge in [0.25, 0.3) is 0 Å². The van der Waals surface area contributed by atoms with Gasteiger partial charge in [-0.05, 0) is 50.3 Å². The first-order chi connectivity index (χ1) is 11.6. The van der Waals surface area contributed by atoms with Crippen molar-refractivity contribution in [2.45, 2.75) is 71.1 Å². The number of hydrogen-bond acceptors (Lipinski definition) is 3. The van der Waals surface area contributed by atoms with Crippen LogP contribution in [0.4, 0.5) is 0 Å². The van der Waals surface area contributed by atoms with Gasteiger partial charge in [0.05, 0.1) is 17.7 Å². The van der Waals surface area contributed by atoms with Crippen LogP contribution in [0.25, 0.3) is 9.40 Å². The van der Waals surface area contributed by atoms with Crippen molar-refractivity contribution in [2.75, 3.05) is 0 Å². The molecule has 2 aromatic rings. The topological polar surface area (TPSA) is 37.3 Å². The fourth-order valence-electron chi connectivity index (χ4n) is 2.94. The van der Waals surface area contributed by atoms with Crippen molar-refractivity contribution in [1.29, 1.82) is 0 Å². The molecule has 2 nitrogen and oxygen atoms in total. The summed E-state index contributed by atoms with van der Waals surface area (Å²) >= 11 is 10.1. The molecule has 0 spiro atoms. The molecule has 134 valence electrons. The average molecular weight is 496 g/mol. The monoisotopic (exact) mass is 494 g/mol. The van der Waals surface area contributed by atoms with Crippen LogP contribution in [0.1, 0.15) is 79.9 Å². The van der Waals surface area contributed by atoms with Crippen LogP contribution in [0, 0.1) is 0 Å². The fourth-order valence-corrected chi connectivity index (χ4v) is 6.87. The Balaban J connectivity index is 1.85. The van der Waals surface area contributed by atoms with Crippen molar-refractivity contribution in [3.05, 3.63) is 18.7 Å². The lowest BCUT2D eigenvalue weighted by Gasteiger charge is -2.03. The van der Waals surface area contributed by atoms with Gasteiger partial charge in [-0.15, -0.1) is 22.7 Å². The maximum Gasteiger partial charge on any atom is 0.346 e. The lowest BCUT2D eigenvalue weighted by Crippen LogP contribution is -1.98. The Kier molecular flexibility index (Phi) is 8.75. The second-order valence-electron chi connectivity index (χ2n) is 6.14. The normalized spacial score (nSPS) is 11.5. The third-order valence-corrected chi connectivity index (χ3v) is 9.38. The van der Waals surface area contributed by atoms with Crippen molar-refractivity contribution >= 4 is 69.9 Å². The number of carboxylic acids is 1. The van der Waals surface area contributed by atoms with E-state index in [1.165, 1.54) is 62.7 Å². The number of halogens is 2. The summed E-state index contributed by atoms with van der Waals surface area (Å²) in [4.78, 5) is 12.1. The van der Waals surface area contributed by atoms with Crippen molar-refractivity contribution < 1.29 is 9.90 Å². The number of aryl methyl sites for hydroxylation is 1. The van der Waals surface area contributed by atoms with Crippen molar-refractivity contribution in [3.8, 4) is 0 Å². The van der Waals surface area contributed by atoms with Gasteiger partial charge in [0, 0.05) is 0 Å². The molecule has 0 bridgehead atoms. The molecule has 0 aliphatic carbocycles. The minimum Gasteiger partial charge on any atom is -0.477 e. The molecule has 1 N–H and O–H groups in total. The summed E-state index contributed by atoms with van der Waals surface area (Å²) in [6, 6.07) is 0. The van der Waals surface area contributed by atoms with Crippen LogP contribution in [0.2, 0.25) is 0 Å².